The van der Waals surface area contributed by atoms with Crippen molar-refractivity contribution < 1.29 is 48.2 Å². The average Bonchev–Trinajstić information content (AvgIpc) is 4.09. The van der Waals surface area contributed by atoms with Crippen LogP contribution < -0.4 is 4.74 Å². The Bertz CT molecular complexity index is 1870. The molecule has 14 heteroatoms. The first-order valence-electron chi connectivity index (χ1n) is 17.6. The molecule has 3 fully saturated rings. The second-order valence-corrected chi connectivity index (χ2v) is 16.2. The van der Waals surface area contributed by atoms with E-state index in [1.165, 1.54) is 16.4 Å². The molecule has 12 nitrogen and oxygen atoms in total. The molecule has 5 atom stereocenters. The first-order chi connectivity index (χ1) is 24.9. The number of carbonyl (C=O) groups is 1. The molecule has 0 radical (unpaired) electrons. The SMILES string of the molecule is O=C(/C=C/C1CCN(S(=O)(=O)c2ccc(Cl)c(COC3(c4cnccc4-c4ccccc4OC4CC4)CC3)c2)C1)CC[C@H](O)[C@@H](O)[C@H](O)[C@H](O)CO. The number of aliphatic hydroxyl groups is 5. The van der Waals surface area contributed by atoms with E-state index in [9.17, 15) is 33.6 Å². The lowest BCUT2D eigenvalue weighted by atomic mass is 9.96. The maximum absolute atomic E-state index is 13.7. The highest BCUT2D eigenvalue weighted by atomic mass is 35.5. The van der Waals surface area contributed by atoms with Crippen molar-refractivity contribution in [3.63, 3.8) is 0 Å². The zero-order valence-corrected chi connectivity index (χ0v) is 30.2. The molecule has 5 N–H and O–H groups in total. The van der Waals surface area contributed by atoms with Crippen LogP contribution in [0.1, 0.15) is 56.1 Å². The van der Waals surface area contributed by atoms with Crippen LogP contribution in [0.25, 0.3) is 11.1 Å². The van der Waals surface area contributed by atoms with E-state index in [0.717, 1.165) is 48.1 Å². The summed E-state index contributed by atoms with van der Waals surface area (Å²) in [4.78, 5) is 16.9. The molecule has 0 amide bonds. The van der Waals surface area contributed by atoms with Gasteiger partial charge in [-0.1, -0.05) is 35.9 Å². The fourth-order valence-corrected chi connectivity index (χ4v) is 8.16. The van der Waals surface area contributed by atoms with E-state index in [2.05, 4.69) is 4.98 Å². The molecule has 3 aliphatic rings. The monoisotopic (exact) mass is 756 g/mol. The van der Waals surface area contributed by atoms with Gasteiger partial charge < -0.3 is 35.0 Å². The first kappa shape index (κ1) is 38.5. The molecule has 1 aliphatic heterocycles. The number of carbonyl (C=O) groups excluding carboxylic acids is 1. The molecular weight excluding hydrogens is 712 g/mol. The largest absolute Gasteiger partial charge is 0.490 e. The molecule has 2 aromatic carbocycles. The summed E-state index contributed by atoms with van der Waals surface area (Å²) in [6.07, 6.45) is 4.00. The molecule has 1 aromatic heterocycles. The van der Waals surface area contributed by atoms with Crippen molar-refractivity contribution >= 4 is 27.4 Å². The standard InChI is InChI=1S/C38H45ClN2O10S/c39-32-11-10-28(52(48,49)41-18-14-24(21-41)5-6-26(43)7-12-33(44)36(46)37(47)34(45)22-42)19-25(32)23-50-38(15-16-38)31-20-40-17-13-29(31)30-3-1-2-4-35(30)51-27-8-9-27/h1-6,10-11,13,17,19-20,24,27,33-34,36-37,42,44-47H,7-9,12,14-16,18,21-23H2/b6-5+/t24?,33-,34+,36+,37+/m0/s1. The van der Waals surface area contributed by atoms with Gasteiger partial charge in [0.25, 0.3) is 0 Å². The van der Waals surface area contributed by atoms with Gasteiger partial charge in [-0.15, -0.1) is 0 Å². The maximum Gasteiger partial charge on any atom is 0.243 e. The zero-order valence-electron chi connectivity index (χ0n) is 28.6. The van der Waals surface area contributed by atoms with E-state index < -0.39 is 46.6 Å². The van der Waals surface area contributed by atoms with Gasteiger partial charge >= 0.3 is 0 Å². The molecule has 0 spiro atoms. The summed E-state index contributed by atoms with van der Waals surface area (Å²) in [7, 11) is -3.89. The Morgan fingerprint density at radius 2 is 1.77 bits per heavy atom. The van der Waals surface area contributed by atoms with Crippen LogP contribution in [0.5, 0.6) is 5.75 Å². The summed E-state index contributed by atoms with van der Waals surface area (Å²) in [6, 6.07) is 14.5. The van der Waals surface area contributed by atoms with Crippen LogP contribution in [0.15, 0.2) is 78.0 Å². The fourth-order valence-electron chi connectivity index (χ4n) is 6.42. The van der Waals surface area contributed by atoms with Crippen LogP contribution in [-0.2, 0) is 31.8 Å². The first-order valence-corrected chi connectivity index (χ1v) is 19.4. The lowest BCUT2D eigenvalue weighted by molar-refractivity contribution is -0.122. The van der Waals surface area contributed by atoms with E-state index in [4.69, 9.17) is 26.2 Å². The molecule has 6 rings (SSSR count). The minimum atomic E-state index is -3.89. The number of aliphatic hydroxyl groups excluding tert-OH is 5. The zero-order chi connectivity index (χ0) is 37.0. The van der Waals surface area contributed by atoms with Crippen LogP contribution in [-0.4, -0.2) is 99.2 Å². The van der Waals surface area contributed by atoms with Crippen LogP contribution in [0.3, 0.4) is 0 Å². The van der Waals surface area contributed by atoms with E-state index in [-0.39, 0.29) is 55.2 Å². The molecule has 1 unspecified atom stereocenters. The predicted molar refractivity (Wildman–Crippen MR) is 192 cm³/mol. The van der Waals surface area contributed by atoms with Gasteiger partial charge in [-0.05, 0) is 92.0 Å². The normalized spacial score (nSPS) is 21.2. The van der Waals surface area contributed by atoms with Crippen molar-refractivity contribution in [1.29, 1.82) is 0 Å². The number of allylic oxidation sites excluding steroid dienone is 1. The highest BCUT2D eigenvalue weighted by molar-refractivity contribution is 7.89. The van der Waals surface area contributed by atoms with Crippen molar-refractivity contribution in [3.05, 3.63) is 89.2 Å². The Hall–Kier alpha value is -3.24. The third-order valence-electron chi connectivity index (χ3n) is 9.92. The number of nitrogens with zero attached hydrogens (tertiary/aromatic N) is 2. The number of hydrogen-bond acceptors (Lipinski definition) is 11. The summed E-state index contributed by atoms with van der Waals surface area (Å²) in [5.74, 6) is 0.259. The number of halogens is 1. The summed E-state index contributed by atoms with van der Waals surface area (Å²) in [5.41, 5.74) is 2.85. The smallest absolute Gasteiger partial charge is 0.243 e. The van der Waals surface area contributed by atoms with E-state index in [1.807, 2.05) is 36.5 Å². The van der Waals surface area contributed by atoms with Crippen molar-refractivity contribution in [2.24, 2.45) is 5.92 Å². The second-order valence-electron chi connectivity index (χ2n) is 13.8. The molecule has 52 heavy (non-hydrogen) atoms. The lowest BCUT2D eigenvalue weighted by Crippen LogP contribution is -2.45. The van der Waals surface area contributed by atoms with Crippen LogP contribution in [0, 0.1) is 5.92 Å². The Morgan fingerprint density at radius 3 is 2.50 bits per heavy atom. The minimum Gasteiger partial charge on any atom is -0.490 e. The van der Waals surface area contributed by atoms with E-state index in [0.29, 0.717) is 17.0 Å². The van der Waals surface area contributed by atoms with Crippen LogP contribution >= 0.6 is 11.6 Å². The number of para-hydroxylation sites is 1. The Balaban J connectivity index is 1.07. The minimum absolute atomic E-state index is 0.0929. The topological polar surface area (TPSA) is 187 Å². The molecule has 3 aromatic rings. The quantitative estimate of drug-likeness (QED) is 0.120. The molecule has 1 saturated heterocycles. The van der Waals surface area contributed by atoms with Gasteiger partial charge in [0.2, 0.25) is 10.0 Å². The van der Waals surface area contributed by atoms with Crippen LogP contribution in [0.2, 0.25) is 5.02 Å². The van der Waals surface area contributed by atoms with Crippen molar-refractivity contribution in [2.75, 3.05) is 19.7 Å². The van der Waals surface area contributed by atoms with Crippen LogP contribution in [0.4, 0.5) is 0 Å². The molecule has 2 aliphatic carbocycles. The number of ketones is 1. The number of benzene rings is 2. The van der Waals surface area contributed by atoms with Crippen molar-refractivity contribution in [1.82, 2.24) is 9.29 Å². The summed E-state index contributed by atoms with van der Waals surface area (Å²) < 4.78 is 41.6. The molecule has 0 bridgehead atoms. The van der Waals surface area contributed by atoms with Gasteiger partial charge in [0, 0.05) is 48.1 Å². The Labute approximate surface area is 308 Å². The average molecular weight is 757 g/mol. The van der Waals surface area contributed by atoms with Gasteiger partial charge in [-0.25, -0.2) is 8.42 Å². The Kier molecular flexibility index (Phi) is 12.1. The summed E-state index contributed by atoms with van der Waals surface area (Å²) >= 11 is 6.57. The highest BCUT2D eigenvalue weighted by Gasteiger charge is 2.48. The summed E-state index contributed by atoms with van der Waals surface area (Å²) in [6.45, 7) is -0.270. The number of rotatable bonds is 18. The third-order valence-corrected chi connectivity index (χ3v) is 12.2. The second kappa shape index (κ2) is 16.4. The number of ether oxygens (including phenoxy) is 2. The third kappa shape index (κ3) is 8.92. The van der Waals surface area contributed by atoms with Gasteiger partial charge in [-0.2, -0.15) is 4.31 Å². The molecule has 2 heterocycles. The lowest BCUT2D eigenvalue weighted by Gasteiger charge is -2.25. The van der Waals surface area contributed by atoms with Crippen molar-refractivity contribution in [3.8, 4) is 16.9 Å². The van der Waals surface area contributed by atoms with E-state index >= 15 is 0 Å². The fraction of sp³-hybridized carbons (Fsp3) is 0.474. The molecular formula is C38H45ClN2O10S. The van der Waals surface area contributed by atoms with E-state index in [1.54, 1.807) is 24.4 Å². The number of aromatic nitrogens is 1. The molecule has 280 valence electrons. The highest BCUT2D eigenvalue weighted by Crippen LogP contribution is 2.53. The summed E-state index contributed by atoms with van der Waals surface area (Å²) in [5, 5.41) is 48.5. The van der Waals surface area contributed by atoms with Gasteiger partial charge in [0.05, 0.1) is 35.9 Å². The Morgan fingerprint density at radius 1 is 1.02 bits per heavy atom. The van der Waals surface area contributed by atoms with Gasteiger partial charge in [0.1, 0.15) is 24.1 Å². The number of hydrogen-bond donors (Lipinski definition) is 5. The number of pyridine rings is 1. The van der Waals surface area contributed by atoms with Crippen molar-refractivity contribution in [2.45, 2.75) is 92.6 Å². The predicted octanol–water partition coefficient (Wildman–Crippen LogP) is 3.50. The van der Waals surface area contributed by atoms with Gasteiger partial charge in [0.15, 0.2) is 5.78 Å². The maximum atomic E-state index is 13.7. The molecule has 2 saturated carbocycles. The van der Waals surface area contributed by atoms with Gasteiger partial charge in [-0.3, -0.25) is 9.78 Å². The number of sulfonamides is 1.